The molecular weight excluding hydrogens is 461 g/mol. The molecule has 0 saturated heterocycles. The summed E-state index contributed by atoms with van der Waals surface area (Å²) in [6.07, 6.45) is 1.54. The molecule has 3 amide bonds. The lowest BCUT2D eigenvalue weighted by Gasteiger charge is -2.27. The van der Waals surface area contributed by atoms with Crippen molar-refractivity contribution in [2.24, 2.45) is 0 Å². The zero-order valence-electron chi connectivity index (χ0n) is 20.0. The van der Waals surface area contributed by atoms with Gasteiger partial charge in [0.1, 0.15) is 18.1 Å². The number of amides is 3. The van der Waals surface area contributed by atoms with E-state index in [2.05, 4.69) is 5.32 Å². The van der Waals surface area contributed by atoms with E-state index in [-0.39, 0.29) is 44.5 Å². The summed E-state index contributed by atoms with van der Waals surface area (Å²) in [7, 11) is 1.54. The minimum absolute atomic E-state index is 0.165. The summed E-state index contributed by atoms with van der Waals surface area (Å²) >= 11 is 0. The Kier molecular flexibility index (Phi) is 8.31. The Labute approximate surface area is 209 Å². The number of urea groups is 1. The Morgan fingerprint density at radius 2 is 1.69 bits per heavy atom. The van der Waals surface area contributed by atoms with Gasteiger partial charge >= 0.3 is 6.03 Å². The number of methoxy groups -OCH3 is 1. The molecule has 0 fully saturated rings. The van der Waals surface area contributed by atoms with Crippen molar-refractivity contribution in [3.63, 3.8) is 0 Å². The van der Waals surface area contributed by atoms with Gasteiger partial charge in [0.05, 0.1) is 25.1 Å². The Morgan fingerprint density at radius 1 is 0.917 bits per heavy atom. The van der Waals surface area contributed by atoms with Crippen LogP contribution in [0.4, 0.5) is 14.9 Å². The van der Waals surface area contributed by atoms with Crippen molar-refractivity contribution in [3.8, 4) is 0 Å². The van der Waals surface area contributed by atoms with Gasteiger partial charge in [-0.15, -0.1) is 0 Å². The number of halogens is 1. The summed E-state index contributed by atoms with van der Waals surface area (Å²) in [6, 6.07) is 22.5. The molecule has 0 aliphatic rings. The van der Waals surface area contributed by atoms with Gasteiger partial charge < -0.3 is 24.3 Å². The van der Waals surface area contributed by atoms with Gasteiger partial charge in [-0.2, -0.15) is 0 Å². The predicted octanol–water partition coefficient (Wildman–Crippen LogP) is 5.28. The van der Waals surface area contributed by atoms with Crippen LogP contribution in [0.5, 0.6) is 0 Å². The van der Waals surface area contributed by atoms with E-state index in [1.165, 1.54) is 17.0 Å². The quantitative estimate of drug-likeness (QED) is 0.329. The molecular formula is C28H28FN3O4. The van der Waals surface area contributed by atoms with Gasteiger partial charge in [0, 0.05) is 25.6 Å². The number of fused-ring (bicyclic) bond motifs is 1. The molecule has 4 aromatic rings. The third-order valence-electron chi connectivity index (χ3n) is 5.78. The van der Waals surface area contributed by atoms with E-state index in [0.29, 0.717) is 11.4 Å². The SMILES string of the molecule is COCCN(CC(=O)N(Cc1ccc(F)cc1)Cc1ccco1)C(=O)Nc1cccc2ccccc12. The van der Waals surface area contributed by atoms with E-state index in [1.54, 1.807) is 42.5 Å². The normalized spacial score (nSPS) is 10.8. The van der Waals surface area contributed by atoms with Crippen molar-refractivity contribution in [1.82, 2.24) is 9.80 Å². The number of nitrogens with one attached hydrogen (secondary N) is 1. The highest BCUT2D eigenvalue weighted by Gasteiger charge is 2.23. The third kappa shape index (κ3) is 6.49. The van der Waals surface area contributed by atoms with Crippen molar-refractivity contribution in [2.45, 2.75) is 13.1 Å². The van der Waals surface area contributed by atoms with Crippen LogP contribution in [0.2, 0.25) is 0 Å². The maximum Gasteiger partial charge on any atom is 0.322 e. The van der Waals surface area contributed by atoms with Crippen LogP contribution in [0.1, 0.15) is 11.3 Å². The summed E-state index contributed by atoms with van der Waals surface area (Å²) in [5, 5.41) is 4.84. The van der Waals surface area contributed by atoms with Crippen LogP contribution in [0.25, 0.3) is 10.8 Å². The highest BCUT2D eigenvalue weighted by Crippen LogP contribution is 2.23. The second-order valence-corrected chi connectivity index (χ2v) is 8.33. The maximum atomic E-state index is 13.4. The van der Waals surface area contributed by atoms with Gasteiger partial charge in [0.15, 0.2) is 0 Å². The van der Waals surface area contributed by atoms with E-state index in [9.17, 15) is 14.0 Å². The largest absolute Gasteiger partial charge is 0.467 e. The first kappa shape index (κ1) is 24.9. The molecule has 1 aromatic heterocycles. The van der Waals surface area contributed by atoms with E-state index in [4.69, 9.17) is 9.15 Å². The topological polar surface area (TPSA) is 75.0 Å². The Balaban J connectivity index is 1.52. The molecule has 0 aliphatic heterocycles. The van der Waals surface area contributed by atoms with Gasteiger partial charge in [0.25, 0.3) is 0 Å². The van der Waals surface area contributed by atoms with Crippen LogP contribution in [0.3, 0.4) is 0 Å². The molecule has 36 heavy (non-hydrogen) atoms. The first-order valence-electron chi connectivity index (χ1n) is 11.6. The number of hydrogen-bond donors (Lipinski definition) is 1. The molecule has 3 aromatic carbocycles. The van der Waals surface area contributed by atoms with Gasteiger partial charge in [-0.1, -0.05) is 48.5 Å². The smallest absolute Gasteiger partial charge is 0.322 e. The molecule has 4 rings (SSSR count). The Morgan fingerprint density at radius 3 is 2.44 bits per heavy atom. The van der Waals surface area contributed by atoms with Crippen LogP contribution in [0.15, 0.2) is 89.5 Å². The molecule has 0 unspecified atom stereocenters. The fourth-order valence-electron chi connectivity index (χ4n) is 3.88. The van der Waals surface area contributed by atoms with Crippen LogP contribution in [-0.4, -0.2) is 48.5 Å². The van der Waals surface area contributed by atoms with Gasteiger partial charge in [-0.3, -0.25) is 4.79 Å². The Hall–Kier alpha value is -4.17. The lowest BCUT2D eigenvalue weighted by molar-refractivity contribution is -0.133. The Bertz CT molecular complexity index is 1290. The monoisotopic (exact) mass is 489 g/mol. The van der Waals surface area contributed by atoms with Crippen LogP contribution in [0, 0.1) is 5.82 Å². The highest BCUT2D eigenvalue weighted by molar-refractivity contribution is 6.02. The first-order chi connectivity index (χ1) is 17.5. The average molecular weight is 490 g/mol. The van der Waals surface area contributed by atoms with Gasteiger partial charge in [-0.25, -0.2) is 9.18 Å². The molecule has 1 N–H and O–H groups in total. The third-order valence-corrected chi connectivity index (χ3v) is 5.78. The lowest BCUT2D eigenvalue weighted by Crippen LogP contribution is -2.45. The number of hydrogen-bond acceptors (Lipinski definition) is 4. The fraction of sp³-hybridized carbons (Fsp3) is 0.214. The lowest BCUT2D eigenvalue weighted by atomic mass is 10.1. The number of furan rings is 1. The summed E-state index contributed by atoms with van der Waals surface area (Å²) < 4.78 is 24.0. The fourth-order valence-corrected chi connectivity index (χ4v) is 3.88. The van der Waals surface area contributed by atoms with Gasteiger partial charge in [-0.05, 0) is 41.3 Å². The molecule has 0 bridgehead atoms. The van der Waals surface area contributed by atoms with Crippen molar-refractivity contribution >= 4 is 28.4 Å². The summed E-state index contributed by atoms with van der Waals surface area (Å²) in [5.74, 6) is -0.0208. The molecule has 1 heterocycles. The van der Waals surface area contributed by atoms with Crippen molar-refractivity contribution in [2.75, 3.05) is 32.1 Å². The minimum atomic E-state index is -0.406. The van der Waals surface area contributed by atoms with E-state index in [1.807, 2.05) is 42.5 Å². The summed E-state index contributed by atoms with van der Waals surface area (Å²) in [6.45, 7) is 0.785. The van der Waals surface area contributed by atoms with Gasteiger partial charge in [0.2, 0.25) is 5.91 Å². The van der Waals surface area contributed by atoms with E-state index >= 15 is 0 Å². The zero-order valence-corrected chi connectivity index (χ0v) is 20.0. The number of benzene rings is 3. The molecule has 0 radical (unpaired) electrons. The highest BCUT2D eigenvalue weighted by atomic mass is 19.1. The zero-order chi connectivity index (χ0) is 25.3. The summed E-state index contributed by atoms with van der Waals surface area (Å²) in [4.78, 5) is 29.7. The van der Waals surface area contributed by atoms with Crippen LogP contribution >= 0.6 is 0 Å². The number of carbonyl (C=O) groups excluding carboxylic acids is 2. The van der Waals surface area contributed by atoms with E-state index < -0.39 is 6.03 Å². The van der Waals surface area contributed by atoms with Crippen molar-refractivity contribution in [3.05, 3.63) is 102 Å². The minimum Gasteiger partial charge on any atom is -0.467 e. The molecule has 186 valence electrons. The van der Waals surface area contributed by atoms with E-state index in [0.717, 1.165) is 16.3 Å². The van der Waals surface area contributed by atoms with Crippen molar-refractivity contribution in [1.29, 1.82) is 0 Å². The number of anilines is 1. The number of rotatable bonds is 10. The van der Waals surface area contributed by atoms with Crippen LogP contribution < -0.4 is 5.32 Å². The number of carbonyl (C=O) groups is 2. The predicted molar refractivity (Wildman–Crippen MR) is 136 cm³/mol. The average Bonchev–Trinajstić information content (AvgIpc) is 3.40. The molecule has 8 heteroatoms. The molecule has 0 spiro atoms. The first-order valence-corrected chi connectivity index (χ1v) is 11.6. The molecule has 0 atom stereocenters. The number of ether oxygens (including phenoxy) is 1. The molecule has 0 aliphatic carbocycles. The second kappa shape index (κ2) is 12.0. The van der Waals surface area contributed by atoms with Crippen molar-refractivity contribution < 1.29 is 23.1 Å². The molecule has 7 nitrogen and oxygen atoms in total. The molecule has 0 saturated carbocycles. The van der Waals surface area contributed by atoms with Crippen LogP contribution in [-0.2, 0) is 22.6 Å². The summed E-state index contributed by atoms with van der Waals surface area (Å²) in [5.41, 5.74) is 1.42. The number of nitrogens with zero attached hydrogens (tertiary/aromatic N) is 2. The second-order valence-electron chi connectivity index (χ2n) is 8.33. The standard InChI is InChI=1S/C28H28FN3O4/c1-35-17-15-31(28(34)30-26-10-4-7-22-6-2-3-9-25(22)26)20-27(33)32(19-24-8-5-16-36-24)18-21-11-13-23(29)14-12-21/h2-14,16H,15,17-20H2,1H3,(H,30,34). The maximum absolute atomic E-state index is 13.4.